The minimum absolute atomic E-state index is 0.168. The van der Waals surface area contributed by atoms with Gasteiger partial charge in [-0.1, -0.05) is 24.3 Å². The quantitative estimate of drug-likeness (QED) is 0.774. The first-order chi connectivity index (χ1) is 13.8. The largest absolute Gasteiger partial charge is 0.369 e. The summed E-state index contributed by atoms with van der Waals surface area (Å²) in [6.45, 7) is 9.91. The van der Waals surface area contributed by atoms with Gasteiger partial charge in [-0.05, 0) is 44.2 Å². The van der Waals surface area contributed by atoms with E-state index in [2.05, 4.69) is 63.8 Å². The maximum Gasteiger partial charge on any atom is 0.256 e. The van der Waals surface area contributed by atoms with Gasteiger partial charge in [0.1, 0.15) is 0 Å². The summed E-state index contributed by atoms with van der Waals surface area (Å²) in [6, 6.07) is 12.6. The highest BCUT2D eigenvalue weighted by molar-refractivity contribution is 5.98. The topological polar surface area (TPSA) is 31.7 Å². The third-order valence-corrected chi connectivity index (χ3v) is 5.86. The van der Waals surface area contributed by atoms with Crippen LogP contribution in [0.15, 0.2) is 48.7 Å². The fourth-order valence-electron chi connectivity index (χ4n) is 4.22. The molecule has 28 heavy (non-hydrogen) atoms. The first-order valence-corrected chi connectivity index (χ1v) is 10.4. The number of aromatic nitrogens is 1. The molecule has 0 aliphatic carbocycles. The van der Waals surface area contributed by atoms with Gasteiger partial charge in [-0.25, -0.2) is 0 Å². The molecular formula is C23H30N4O. The molecule has 0 unspecified atom stereocenters. The molecule has 2 aliphatic heterocycles. The number of fused-ring (bicyclic) bond motifs is 1. The molecule has 3 heterocycles. The SMILES string of the molecule is CCn1ccc2c1C=CCN(CCCN1CCN(c3ccccc3)CC1)C2=O. The summed E-state index contributed by atoms with van der Waals surface area (Å²) in [5, 5.41) is 0. The second-order valence-corrected chi connectivity index (χ2v) is 7.57. The number of rotatable bonds is 6. The van der Waals surface area contributed by atoms with E-state index in [0.29, 0.717) is 6.54 Å². The molecule has 4 rings (SSSR count). The molecule has 0 atom stereocenters. The average Bonchev–Trinajstić information content (AvgIpc) is 3.09. The Balaban J connectivity index is 1.26. The monoisotopic (exact) mass is 378 g/mol. The summed E-state index contributed by atoms with van der Waals surface area (Å²) < 4.78 is 2.14. The molecule has 2 aromatic rings. The smallest absolute Gasteiger partial charge is 0.256 e. The fourth-order valence-corrected chi connectivity index (χ4v) is 4.22. The standard InChI is InChI=1S/C23H30N4O/c1-2-25-15-11-21-22(25)10-6-13-27(23(21)28)14-7-12-24-16-18-26(19-17-24)20-8-4-3-5-9-20/h3-6,8-11,15H,2,7,12-14,16-19H2,1H3. The second-order valence-electron chi connectivity index (χ2n) is 7.57. The lowest BCUT2D eigenvalue weighted by Crippen LogP contribution is -2.47. The lowest BCUT2D eigenvalue weighted by atomic mass is 10.2. The summed E-state index contributed by atoms with van der Waals surface area (Å²) in [7, 11) is 0. The molecule has 0 bridgehead atoms. The van der Waals surface area contributed by atoms with Crippen LogP contribution in [0.4, 0.5) is 5.69 Å². The van der Waals surface area contributed by atoms with Crippen molar-refractivity contribution in [3.05, 3.63) is 59.9 Å². The Labute approximate surface area is 167 Å². The van der Waals surface area contributed by atoms with Crippen LogP contribution in [0.2, 0.25) is 0 Å². The normalized spacial score (nSPS) is 17.7. The number of amides is 1. The van der Waals surface area contributed by atoms with Crippen molar-refractivity contribution in [3.63, 3.8) is 0 Å². The molecule has 1 saturated heterocycles. The van der Waals surface area contributed by atoms with E-state index in [1.807, 2.05) is 17.2 Å². The van der Waals surface area contributed by atoms with Gasteiger partial charge >= 0.3 is 0 Å². The Bertz CT molecular complexity index is 818. The molecule has 5 nitrogen and oxygen atoms in total. The van der Waals surface area contributed by atoms with E-state index in [1.54, 1.807) is 0 Å². The third kappa shape index (κ3) is 3.99. The summed E-state index contributed by atoms with van der Waals surface area (Å²) in [4.78, 5) is 19.9. The fraction of sp³-hybridized carbons (Fsp3) is 0.435. The van der Waals surface area contributed by atoms with Crippen molar-refractivity contribution < 1.29 is 4.79 Å². The molecule has 0 saturated carbocycles. The highest BCUT2D eigenvalue weighted by Gasteiger charge is 2.22. The van der Waals surface area contributed by atoms with Crippen molar-refractivity contribution in [1.29, 1.82) is 0 Å². The zero-order valence-corrected chi connectivity index (χ0v) is 16.8. The maximum atomic E-state index is 12.9. The molecule has 1 fully saturated rings. The van der Waals surface area contributed by atoms with E-state index in [0.717, 1.165) is 63.5 Å². The Morgan fingerprint density at radius 3 is 2.50 bits per heavy atom. The number of aryl methyl sites for hydroxylation is 1. The molecule has 0 spiro atoms. The molecule has 5 heteroatoms. The van der Waals surface area contributed by atoms with Crippen LogP contribution in [0, 0.1) is 0 Å². The summed E-state index contributed by atoms with van der Waals surface area (Å²) in [5.74, 6) is 0.168. The number of carbonyl (C=O) groups is 1. The Morgan fingerprint density at radius 1 is 0.964 bits per heavy atom. The highest BCUT2D eigenvalue weighted by Crippen LogP contribution is 2.20. The van der Waals surface area contributed by atoms with Gasteiger partial charge in [-0.2, -0.15) is 0 Å². The number of hydrogen-bond donors (Lipinski definition) is 0. The van der Waals surface area contributed by atoms with Gasteiger partial charge in [0.25, 0.3) is 5.91 Å². The van der Waals surface area contributed by atoms with E-state index < -0.39 is 0 Å². The number of carbonyl (C=O) groups excluding carboxylic acids is 1. The minimum Gasteiger partial charge on any atom is -0.369 e. The van der Waals surface area contributed by atoms with Crippen LogP contribution >= 0.6 is 0 Å². The Kier molecular flexibility index (Phi) is 5.81. The van der Waals surface area contributed by atoms with Crippen LogP contribution in [-0.4, -0.2) is 66.1 Å². The van der Waals surface area contributed by atoms with Crippen LogP contribution in [-0.2, 0) is 6.54 Å². The van der Waals surface area contributed by atoms with Gasteiger partial charge in [0.05, 0.1) is 11.3 Å². The van der Waals surface area contributed by atoms with Crippen LogP contribution in [0.5, 0.6) is 0 Å². The van der Waals surface area contributed by atoms with E-state index in [-0.39, 0.29) is 5.91 Å². The molecule has 1 amide bonds. The van der Waals surface area contributed by atoms with E-state index in [9.17, 15) is 4.79 Å². The molecule has 1 aromatic heterocycles. The molecular weight excluding hydrogens is 348 g/mol. The third-order valence-electron chi connectivity index (χ3n) is 5.86. The zero-order chi connectivity index (χ0) is 19.3. The number of hydrogen-bond acceptors (Lipinski definition) is 3. The van der Waals surface area contributed by atoms with Crippen molar-refractivity contribution >= 4 is 17.7 Å². The number of nitrogens with zero attached hydrogens (tertiary/aromatic N) is 4. The van der Waals surface area contributed by atoms with Crippen molar-refractivity contribution in [2.75, 3.05) is 50.7 Å². The summed E-state index contributed by atoms with van der Waals surface area (Å²) in [6.07, 6.45) is 7.26. The first-order valence-electron chi connectivity index (χ1n) is 10.4. The van der Waals surface area contributed by atoms with Crippen molar-refractivity contribution in [2.24, 2.45) is 0 Å². The van der Waals surface area contributed by atoms with Gasteiger partial charge in [0.15, 0.2) is 0 Å². The number of anilines is 1. The van der Waals surface area contributed by atoms with Crippen molar-refractivity contribution in [3.8, 4) is 0 Å². The van der Waals surface area contributed by atoms with Crippen LogP contribution in [0.3, 0.4) is 0 Å². The summed E-state index contributed by atoms with van der Waals surface area (Å²) >= 11 is 0. The zero-order valence-electron chi connectivity index (χ0n) is 16.8. The van der Waals surface area contributed by atoms with Crippen LogP contribution in [0.25, 0.3) is 6.08 Å². The Hall–Kier alpha value is -2.53. The van der Waals surface area contributed by atoms with Gasteiger partial charge in [-0.15, -0.1) is 0 Å². The minimum atomic E-state index is 0.168. The Morgan fingerprint density at radius 2 is 1.75 bits per heavy atom. The van der Waals surface area contributed by atoms with Gasteiger partial charge in [0, 0.05) is 57.7 Å². The molecule has 2 aliphatic rings. The van der Waals surface area contributed by atoms with Gasteiger partial charge < -0.3 is 14.4 Å². The first kappa shape index (κ1) is 18.8. The van der Waals surface area contributed by atoms with Gasteiger partial charge in [0.2, 0.25) is 0 Å². The second kappa shape index (κ2) is 8.65. The number of piperazine rings is 1. The molecule has 0 radical (unpaired) electrons. The predicted molar refractivity (Wildman–Crippen MR) is 115 cm³/mol. The molecule has 1 aromatic carbocycles. The molecule has 0 N–H and O–H groups in total. The van der Waals surface area contributed by atoms with E-state index in [1.165, 1.54) is 5.69 Å². The lowest BCUT2D eigenvalue weighted by Gasteiger charge is -2.36. The van der Waals surface area contributed by atoms with Crippen molar-refractivity contribution in [1.82, 2.24) is 14.4 Å². The van der Waals surface area contributed by atoms with Crippen molar-refractivity contribution in [2.45, 2.75) is 19.9 Å². The van der Waals surface area contributed by atoms with Gasteiger partial charge in [-0.3, -0.25) is 9.69 Å². The van der Waals surface area contributed by atoms with E-state index in [4.69, 9.17) is 0 Å². The number of benzene rings is 1. The predicted octanol–water partition coefficient (Wildman–Crippen LogP) is 3.19. The molecule has 148 valence electrons. The van der Waals surface area contributed by atoms with Crippen LogP contribution < -0.4 is 4.90 Å². The van der Waals surface area contributed by atoms with E-state index >= 15 is 0 Å². The number of para-hydroxylation sites is 1. The maximum absolute atomic E-state index is 12.9. The summed E-state index contributed by atoms with van der Waals surface area (Å²) in [5.41, 5.74) is 3.21. The highest BCUT2D eigenvalue weighted by atomic mass is 16.2. The van der Waals surface area contributed by atoms with Crippen LogP contribution in [0.1, 0.15) is 29.4 Å². The average molecular weight is 379 g/mol. The lowest BCUT2D eigenvalue weighted by molar-refractivity contribution is 0.0768.